The predicted molar refractivity (Wildman–Crippen MR) is 66.2 cm³/mol. The average molecular weight is 263 g/mol. The third kappa shape index (κ3) is 3.81. The molecule has 1 aromatic rings. The molecule has 0 saturated heterocycles. The zero-order valence-electron chi connectivity index (χ0n) is 10.1. The summed E-state index contributed by atoms with van der Waals surface area (Å²) < 4.78 is 5.05. The summed E-state index contributed by atoms with van der Waals surface area (Å²) in [4.78, 5) is 10.5. The van der Waals surface area contributed by atoms with E-state index in [1.54, 1.807) is 0 Å². The lowest BCUT2D eigenvalue weighted by Crippen LogP contribution is -2.15. The Morgan fingerprint density at radius 1 is 1.47 bits per heavy atom. The van der Waals surface area contributed by atoms with Crippen molar-refractivity contribution in [3.63, 3.8) is 0 Å². The molecule has 0 spiro atoms. The van der Waals surface area contributed by atoms with Gasteiger partial charge in [-0.25, -0.2) is 4.79 Å². The van der Waals surface area contributed by atoms with E-state index in [2.05, 4.69) is 0 Å². The molecule has 0 aliphatic heterocycles. The van der Waals surface area contributed by atoms with E-state index in [0.717, 1.165) is 6.08 Å². The van der Waals surface area contributed by atoms with Crippen LogP contribution in [-0.4, -0.2) is 34.5 Å². The Morgan fingerprint density at radius 3 is 2.68 bits per heavy atom. The van der Waals surface area contributed by atoms with Gasteiger partial charge in [-0.1, -0.05) is 6.07 Å². The van der Waals surface area contributed by atoms with Crippen molar-refractivity contribution in [3.8, 4) is 11.8 Å². The second-order valence-corrected chi connectivity index (χ2v) is 3.69. The first kappa shape index (κ1) is 14.7. The summed E-state index contributed by atoms with van der Waals surface area (Å²) in [5, 5.41) is 36.1. The van der Waals surface area contributed by atoms with E-state index >= 15 is 0 Å². The van der Waals surface area contributed by atoms with E-state index in [1.807, 2.05) is 0 Å². The summed E-state index contributed by atoms with van der Waals surface area (Å²) in [5.41, 5.74) is 0.714. The monoisotopic (exact) mass is 263 g/mol. The van der Waals surface area contributed by atoms with Gasteiger partial charge in [0.25, 0.3) is 0 Å². The molecule has 0 aliphatic carbocycles. The topological polar surface area (TPSA) is 111 Å². The molecule has 1 rings (SSSR count). The van der Waals surface area contributed by atoms with Gasteiger partial charge in [0, 0.05) is 11.6 Å². The van der Waals surface area contributed by atoms with Crippen LogP contribution in [0.1, 0.15) is 17.2 Å². The minimum absolute atomic E-state index is 0.292. The van der Waals surface area contributed by atoms with Crippen molar-refractivity contribution in [3.05, 3.63) is 35.4 Å². The summed E-state index contributed by atoms with van der Waals surface area (Å²) in [5.74, 6) is -0.704. The van der Waals surface area contributed by atoms with Gasteiger partial charge in [0.05, 0.1) is 13.2 Å². The van der Waals surface area contributed by atoms with Gasteiger partial charge in [0.1, 0.15) is 11.9 Å². The fourth-order valence-electron chi connectivity index (χ4n) is 1.48. The molecule has 100 valence electrons. The zero-order chi connectivity index (χ0) is 14.4. The van der Waals surface area contributed by atoms with E-state index < -0.39 is 18.2 Å². The number of methoxy groups -OCH3 is 1. The molecule has 0 aromatic heterocycles. The Bertz CT molecular complexity index is 532. The van der Waals surface area contributed by atoms with Gasteiger partial charge in [-0.2, -0.15) is 5.26 Å². The van der Waals surface area contributed by atoms with Crippen LogP contribution in [0.15, 0.2) is 24.3 Å². The van der Waals surface area contributed by atoms with Gasteiger partial charge in [-0.3, -0.25) is 0 Å². The van der Waals surface area contributed by atoms with Gasteiger partial charge in [-0.05, 0) is 23.8 Å². The summed E-state index contributed by atoms with van der Waals surface area (Å²) in [6, 6.07) is 5.98. The Balaban J connectivity index is 3.15. The largest absolute Gasteiger partial charge is 0.496 e. The van der Waals surface area contributed by atoms with Crippen LogP contribution in [0.4, 0.5) is 0 Å². The van der Waals surface area contributed by atoms with Gasteiger partial charge >= 0.3 is 5.97 Å². The molecule has 0 bridgehead atoms. The van der Waals surface area contributed by atoms with E-state index in [1.165, 1.54) is 37.5 Å². The molecule has 2 unspecified atom stereocenters. The molecular formula is C13H13NO5. The third-order valence-corrected chi connectivity index (χ3v) is 2.43. The number of carboxylic acids is 1. The summed E-state index contributed by atoms with van der Waals surface area (Å²) in [6.07, 6.45) is -0.692. The Kier molecular flexibility index (Phi) is 5.06. The fraction of sp³-hybridized carbons (Fsp3) is 0.231. The molecule has 2 atom stereocenters. The fourth-order valence-corrected chi connectivity index (χ4v) is 1.48. The first-order valence-corrected chi connectivity index (χ1v) is 5.34. The molecular weight excluding hydrogens is 250 g/mol. The van der Waals surface area contributed by atoms with Crippen LogP contribution in [0, 0.1) is 11.3 Å². The number of benzene rings is 1. The number of hydrogen-bond donors (Lipinski definition) is 3. The number of aliphatic hydroxyl groups is 2. The van der Waals surface area contributed by atoms with E-state index in [4.69, 9.17) is 15.1 Å². The Labute approximate surface area is 109 Å². The number of aliphatic hydroxyl groups excluding tert-OH is 2. The second kappa shape index (κ2) is 6.54. The van der Waals surface area contributed by atoms with E-state index in [9.17, 15) is 15.0 Å². The molecule has 0 aliphatic rings. The van der Waals surface area contributed by atoms with Gasteiger partial charge in [0.2, 0.25) is 0 Å². The van der Waals surface area contributed by atoms with Gasteiger partial charge in [-0.15, -0.1) is 0 Å². The van der Waals surface area contributed by atoms with E-state index in [-0.39, 0.29) is 0 Å². The summed E-state index contributed by atoms with van der Waals surface area (Å²) in [6.45, 7) is 0. The lowest BCUT2D eigenvalue weighted by molar-refractivity contribution is -0.131. The number of nitriles is 1. The van der Waals surface area contributed by atoms with Crippen molar-refractivity contribution in [1.82, 2.24) is 0 Å². The van der Waals surface area contributed by atoms with Gasteiger partial charge in [0.15, 0.2) is 6.10 Å². The van der Waals surface area contributed by atoms with Crippen molar-refractivity contribution >= 4 is 12.0 Å². The highest BCUT2D eigenvalue weighted by Gasteiger charge is 2.18. The minimum atomic E-state index is -1.55. The highest BCUT2D eigenvalue weighted by Crippen LogP contribution is 2.26. The summed E-state index contributed by atoms with van der Waals surface area (Å²) >= 11 is 0. The second-order valence-electron chi connectivity index (χ2n) is 3.69. The molecule has 0 fully saturated rings. The van der Waals surface area contributed by atoms with Crippen LogP contribution in [0.25, 0.3) is 6.08 Å². The first-order valence-electron chi connectivity index (χ1n) is 5.34. The van der Waals surface area contributed by atoms with Crippen molar-refractivity contribution in [2.24, 2.45) is 0 Å². The maximum absolute atomic E-state index is 10.5. The number of rotatable bonds is 5. The van der Waals surface area contributed by atoms with Crippen LogP contribution in [-0.2, 0) is 4.79 Å². The molecule has 19 heavy (non-hydrogen) atoms. The highest BCUT2D eigenvalue weighted by molar-refractivity contribution is 5.86. The highest BCUT2D eigenvalue weighted by atomic mass is 16.5. The average Bonchev–Trinajstić information content (AvgIpc) is 2.42. The number of nitrogens with zero attached hydrogens (tertiary/aromatic N) is 1. The molecule has 1 aromatic carbocycles. The third-order valence-electron chi connectivity index (χ3n) is 2.43. The molecule has 6 nitrogen and oxygen atoms in total. The molecule has 0 saturated carbocycles. The first-order chi connectivity index (χ1) is 8.99. The van der Waals surface area contributed by atoms with Crippen molar-refractivity contribution < 1.29 is 24.9 Å². The van der Waals surface area contributed by atoms with Crippen LogP contribution < -0.4 is 4.74 Å². The zero-order valence-corrected chi connectivity index (χ0v) is 10.1. The standard InChI is InChI=1S/C13H13NO5/c1-19-11-4-2-9(13(18)10(15)7-14)6-8(11)3-5-12(16)17/h2-6,10,13,15,18H,1H3,(H,16,17)/b5-3+. The van der Waals surface area contributed by atoms with E-state index in [0.29, 0.717) is 16.9 Å². The van der Waals surface area contributed by atoms with Gasteiger partial charge < -0.3 is 20.1 Å². The maximum Gasteiger partial charge on any atom is 0.328 e. The molecule has 0 amide bonds. The molecule has 3 N–H and O–H groups in total. The lowest BCUT2D eigenvalue weighted by Gasteiger charge is -2.14. The van der Waals surface area contributed by atoms with Crippen molar-refractivity contribution in [1.29, 1.82) is 5.26 Å². The molecule has 0 radical (unpaired) electrons. The quantitative estimate of drug-likeness (QED) is 0.533. The maximum atomic E-state index is 10.5. The Hall–Kier alpha value is -2.36. The number of carboxylic acid groups (broad SMARTS) is 1. The van der Waals surface area contributed by atoms with Crippen LogP contribution in [0.5, 0.6) is 5.75 Å². The number of carbonyl (C=O) groups is 1. The number of hydrogen-bond acceptors (Lipinski definition) is 5. The SMILES string of the molecule is COc1ccc(C(O)C(O)C#N)cc1/C=C/C(=O)O. The molecule has 0 heterocycles. The number of ether oxygens (including phenoxy) is 1. The van der Waals surface area contributed by atoms with Crippen LogP contribution in [0.3, 0.4) is 0 Å². The van der Waals surface area contributed by atoms with Crippen molar-refractivity contribution in [2.75, 3.05) is 7.11 Å². The van der Waals surface area contributed by atoms with Crippen LogP contribution >= 0.6 is 0 Å². The summed E-state index contributed by atoms with van der Waals surface area (Å²) in [7, 11) is 1.42. The predicted octanol–water partition coefficient (Wildman–Crippen LogP) is 0.711. The van der Waals surface area contributed by atoms with Crippen molar-refractivity contribution in [2.45, 2.75) is 12.2 Å². The molecule has 6 heteroatoms. The normalized spacial score (nSPS) is 13.8. The Morgan fingerprint density at radius 2 is 2.16 bits per heavy atom. The minimum Gasteiger partial charge on any atom is -0.496 e. The number of aliphatic carboxylic acids is 1. The smallest absolute Gasteiger partial charge is 0.328 e. The lowest BCUT2D eigenvalue weighted by atomic mass is 10.0. The van der Waals surface area contributed by atoms with Crippen LogP contribution in [0.2, 0.25) is 0 Å².